The normalized spacial score (nSPS) is 52.3. The highest BCUT2D eigenvalue weighted by molar-refractivity contribution is 5.79. The van der Waals surface area contributed by atoms with Crippen molar-refractivity contribution in [1.29, 1.82) is 0 Å². The molecule has 4 aliphatic carbocycles. The average Bonchev–Trinajstić information content (AvgIpc) is 2.95. The summed E-state index contributed by atoms with van der Waals surface area (Å²) in [6, 6.07) is 0. The van der Waals surface area contributed by atoms with E-state index in [0.717, 1.165) is 38.0 Å². The van der Waals surface area contributed by atoms with Crippen molar-refractivity contribution in [2.75, 3.05) is 6.61 Å². The molecule has 3 heteroatoms. The predicted octanol–water partition coefficient (Wildman–Crippen LogP) is 3.57. The van der Waals surface area contributed by atoms with Gasteiger partial charge in [-0.05, 0) is 86.9 Å². The van der Waals surface area contributed by atoms with E-state index in [1.807, 2.05) is 6.92 Å². The molecule has 0 unspecified atom stereocenters. The van der Waals surface area contributed by atoms with Gasteiger partial charge in [-0.25, -0.2) is 0 Å². The Morgan fingerprint density at radius 2 is 1.92 bits per heavy atom. The number of fused-ring (bicyclic) bond motifs is 5. The number of hydrogen-bond acceptors (Lipinski definition) is 3. The highest BCUT2D eigenvalue weighted by Crippen LogP contribution is 2.67. The van der Waals surface area contributed by atoms with Gasteiger partial charge in [0.25, 0.3) is 0 Å². The van der Waals surface area contributed by atoms with Gasteiger partial charge in [0, 0.05) is 24.9 Å². The molecule has 0 heterocycles. The summed E-state index contributed by atoms with van der Waals surface area (Å²) < 4.78 is 0. The van der Waals surface area contributed by atoms with Gasteiger partial charge in [0.1, 0.15) is 5.78 Å². The molecular formula is C21H34O3. The lowest BCUT2D eigenvalue weighted by molar-refractivity contribution is -0.148. The molecule has 4 rings (SSSR count). The molecule has 0 radical (unpaired) electrons. The molecule has 0 amide bonds. The van der Waals surface area contributed by atoms with Crippen molar-refractivity contribution >= 4 is 5.78 Å². The number of ketones is 1. The van der Waals surface area contributed by atoms with Crippen molar-refractivity contribution < 1.29 is 15.0 Å². The third kappa shape index (κ3) is 2.19. The predicted molar refractivity (Wildman–Crippen MR) is 93.3 cm³/mol. The molecule has 4 saturated carbocycles. The van der Waals surface area contributed by atoms with Crippen LogP contribution in [0.1, 0.15) is 71.6 Å². The van der Waals surface area contributed by atoms with Crippen LogP contribution in [0.2, 0.25) is 0 Å². The number of aliphatic hydroxyl groups is 2. The largest absolute Gasteiger partial charge is 0.396 e. The Morgan fingerprint density at radius 1 is 1.12 bits per heavy atom. The van der Waals surface area contributed by atoms with Crippen molar-refractivity contribution in [3.8, 4) is 0 Å². The zero-order valence-corrected chi connectivity index (χ0v) is 15.3. The Bertz CT molecular complexity index is 515. The van der Waals surface area contributed by atoms with E-state index in [0.29, 0.717) is 29.0 Å². The number of carbonyl (C=O) groups excluding carboxylic acids is 1. The van der Waals surface area contributed by atoms with Gasteiger partial charge in [0.2, 0.25) is 0 Å². The zero-order valence-electron chi connectivity index (χ0n) is 15.3. The van der Waals surface area contributed by atoms with Crippen molar-refractivity contribution in [2.45, 2.75) is 77.7 Å². The highest BCUT2D eigenvalue weighted by atomic mass is 16.3. The van der Waals surface area contributed by atoms with Gasteiger partial charge in [-0.15, -0.1) is 0 Å². The molecule has 0 aromatic carbocycles. The number of Topliss-reactive ketones (excluding diaryl/α,β-unsaturated/α-hetero) is 1. The minimum atomic E-state index is -0.307. The zero-order chi connectivity index (χ0) is 17.1. The first-order valence-electron chi connectivity index (χ1n) is 10.2. The number of hydrogen-bond donors (Lipinski definition) is 2. The average molecular weight is 335 g/mol. The second-order valence-corrected chi connectivity index (χ2v) is 9.75. The molecule has 0 saturated heterocycles. The molecule has 0 aromatic heterocycles. The van der Waals surface area contributed by atoms with Crippen LogP contribution in [0.25, 0.3) is 0 Å². The summed E-state index contributed by atoms with van der Waals surface area (Å²) >= 11 is 0. The van der Waals surface area contributed by atoms with Gasteiger partial charge in [0.05, 0.1) is 6.10 Å². The standard InChI is InChI=1S/C21H34O3/c1-13(23)17-5-6-19-16-4-3-14-11-15(24)7-9-20(14,2)18(16)8-10-21(17,19)12-22/h13-14,16-19,22-23H,3-12H2,1-2H3/t13-,14+,16-,17-,18+,19+,20+,21+/m1/s1. The van der Waals surface area contributed by atoms with Crippen molar-refractivity contribution in [1.82, 2.24) is 0 Å². The minimum Gasteiger partial charge on any atom is -0.396 e. The van der Waals surface area contributed by atoms with Crippen LogP contribution in [0.4, 0.5) is 0 Å². The lowest BCUT2D eigenvalue weighted by Crippen LogP contribution is -2.55. The van der Waals surface area contributed by atoms with Gasteiger partial charge >= 0.3 is 0 Å². The molecule has 4 fully saturated rings. The maximum absolute atomic E-state index is 12.0. The summed E-state index contributed by atoms with van der Waals surface area (Å²) in [4.78, 5) is 12.0. The fraction of sp³-hybridized carbons (Fsp3) is 0.952. The molecule has 2 N–H and O–H groups in total. The molecular weight excluding hydrogens is 300 g/mol. The minimum absolute atomic E-state index is 0.0387. The lowest BCUT2D eigenvalue weighted by atomic mass is 9.44. The summed E-state index contributed by atoms with van der Waals surface area (Å²) in [7, 11) is 0. The molecule has 4 aliphatic rings. The molecule has 0 spiro atoms. The first kappa shape index (κ1) is 17.0. The SMILES string of the molecule is C[C@@H](O)[C@H]1CC[C@H]2[C@@H]3CC[C@H]4CC(=O)CC[C@]4(C)[C@H]3CC[C@]12CO. The van der Waals surface area contributed by atoms with Crippen molar-refractivity contribution in [3.63, 3.8) is 0 Å². The van der Waals surface area contributed by atoms with Gasteiger partial charge in [-0.2, -0.15) is 0 Å². The monoisotopic (exact) mass is 334 g/mol. The fourth-order valence-corrected chi connectivity index (χ4v) is 7.93. The number of aliphatic hydroxyl groups excluding tert-OH is 2. The lowest BCUT2D eigenvalue weighted by Gasteiger charge is -2.60. The van der Waals surface area contributed by atoms with Gasteiger partial charge in [-0.1, -0.05) is 6.92 Å². The van der Waals surface area contributed by atoms with Crippen LogP contribution in [0, 0.1) is 40.4 Å². The number of carbonyl (C=O) groups is 1. The Labute approximate surface area is 146 Å². The molecule has 0 aromatic rings. The molecule has 8 atom stereocenters. The summed E-state index contributed by atoms with van der Waals surface area (Å²) in [5.74, 6) is 3.34. The molecule has 0 aliphatic heterocycles. The Kier molecular flexibility index (Phi) is 4.12. The third-order valence-electron chi connectivity index (χ3n) is 9.14. The van der Waals surface area contributed by atoms with E-state index in [9.17, 15) is 15.0 Å². The van der Waals surface area contributed by atoms with Crippen LogP contribution in [-0.2, 0) is 4.79 Å². The van der Waals surface area contributed by atoms with Crippen LogP contribution in [0.15, 0.2) is 0 Å². The fourth-order valence-electron chi connectivity index (χ4n) is 7.93. The summed E-state index contributed by atoms with van der Waals surface area (Å²) in [5, 5.41) is 20.6. The van der Waals surface area contributed by atoms with E-state index >= 15 is 0 Å². The molecule has 24 heavy (non-hydrogen) atoms. The Morgan fingerprint density at radius 3 is 2.62 bits per heavy atom. The van der Waals surface area contributed by atoms with E-state index in [2.05, 4.69) is 6.92 Å². The smallest absolute Gasteiger partial charge is 0.133 e. The number of rotatable bonds is 2. The second kappa shape index (κ2) is 5.81. The Hall–Kier alpha value is -0.410. The van der Waals surface area contributed by atoms with Crippen LogP contribution < -0.4 is 0 Å². The van der Waals surface area contributed by atoms with Gasteiger partial charge in [-0.3, -0.25) is 4.79 Å². The first-order valence-corrected chi connectivity index (χ1v) is 10.2. The molecule has 0 bridgehead atoms. The Balaban J connectivity index is 1.63. The second-order valence-electron chi connectivity index (χ2n) is 9.75. The summed E-state index contributed by atoms with van der Waals surface area (Å²) in [5.41, 5.74) is 0.296. The third-order valence-corrected chi connectivity index (χ3v) is 9.14. The van der Waals surface area contributed by atoms with Crippen LogP contribution >= 0.6 is 0 Å². The quantitative estimate of drug-likeness (QED) is 0.812. The topological polar surface area (TPSA) is 57.5 Å². The maximum Gasteiger partial charge on any atom is 0.133 e. The first-order chi connectivity index (χ1) is 11.4. The van der Waals surface area contributed by atoms with Crippen LogP contribution in [0.5, 0.6) is 0 Å². The summed E-state index contributed by atoms with van der Waals surface area (Å²) in [6.07, 6.45) is 9.30. The van der Waals surface area contributed by atoms with Crippen molar-refractivity contribution in [3.05, 3.63) is 0 Å². The van der Waals surface area contributed by atoms with Crippen molar-refractivity contribution in [2.24, 2.45) is 40.4 Å². The van der Waals surface area contributed by atoms with Crippen LogP contribution in [0.3, 0.4) is 0 Å². The highest BCUT2D eigenvalue weighted by Gasteiger charge is 2.62. The van der Waals surface area contributed by atoms with Crippen LogP contribution in [-0.4, -0.2) is 28.7 Å². The van der Waals surface area contributed by atoms with Gasteiger partial charge in [0.15, 0.2) is 0 Å². The van der Waals surface area contributed by atoms with Gasteiger partial charge < -0.3 is 10.2 Å². The summed E-state index contributed by atoms with van der Waals surface area (Å²) in [6.45, 7) is 4.63. The van der Waals surface area contributed by atoms with E-state index < -0.39 is 0 Å². The van der Waals surface area contributed by atoms with E-state index in [4.69, 9.17) is 0 Å². The van der Waals surface area contributed by atoms with E-state index in [1.165, 1.54) is 25.7 Å². The van der Waals surface area contributed by atoms with E-state index in [-0.39, 0.29) is 24.0 Å². The van der Waals surface area contributed by atoms with E-state index in [1.54, 1.807) is 0 Å². The maximum atomic E-state index is 12.0. The molecule has 136 valence electrons. The molecule has 3 nitrogen and oxygen atoms in total.